The zero-order valence-electron chi connectivity index (χ0n) is 18.7. The molecular formula is C25H26F2N4O3. The van der Waals surface area contributed by atoms with E-state index in [0.717, 1.165) is 37.2 Å². The Morgan fingerprint density at radius 1 is 0.941 bits per heavy atom. The van der Waals surface area contributed by atoms with Crippen LogP contribution in [0.15, 0.2) is 36.4 Å². The summed E-state index contributed by atoms with van der Waals surface area (Å²) < 4.78 is 27.6. The molecule has 0 aliphatic carbocycles. The molecule has 1 unspecified atom stereocenters. The van der Waals surface area contributed by atoms with Crippen molar-refractivity contribution < 1.29 is 23.2 Å². The van der Waals surface area contributed by atoms with Crippen LogP contribution in [0.3, 0.4) is 0 Å². The summed E-state index contributed by atoms with van der Waals surface area (Å²) in [5.74, 6) is -1.91. The standard InChI is InChI=1S/C25H26F2N4O3/c26-17-3-1-16(2-4-17)7-8-29-9-11-30(12-10-29)22-14-18(27)13-19-20(22)15-31(25(19)34)21-5-6-23(32)28-24(21)33/h1-4,13-14,21H,5-12,15H2,(H,28,32,33). The molecule has 0 spiro atoms. The van der Waals surface area contributed by atoms with Crippen molar-refractivity contribution in [1.29, 1.82) is 0 Å². The summed E-state index contributed by atoms with van der Waals surface area (Å²) in [5.41, 5.74) is 2.80. The Morgan fingerprint density at radius 3 is 2.38 bits per heavy atom. The van der Waals surface area contributed by atoms with Crippen LogP contribution in [0.1, 0.15) is 34.3 Å². The van der Waals surface area contributed by atoms with Gasteiger partial charge in [-0.25, -0.2) is 8.78 Å². The van der Waals surface area contributed by atoms with E-state index in [-0.39, 0.29) is 37.0 Å². The smallest absolute Gasteiger partial charge is 0.255 e. The number of carbonyl (C=O) groups excluding carboxylic acids is 3. The highest BCUT2D eigenvalue weighted by molar-refractivity contribution is 6.06. The van der Waals surface area contributed by atoms with Crippen molar-refractivity contribution in [3.05, 3.63) is 64.7 Å². The SMILES string of the molecule is O=C1CCC(N2Cc3c(cc(F)cc3N3CCN(CCc4ccc(F)cc4)CC3)C2=O)C(=O)N1. The molecule has 1 atom stereocenters. The number of amides is 3. The lowest BCUT2D eigenvalue weighted by atomic mass is 10.0. The van der Waals surface area contributed by atoms with Gasteiger partial charge in [0.2, 0.25) is 11.8 Å². The van der Waals surface area contributed by atoms with Crippen LogP contribution in [0, 0.1) is 11.6 Å². The highest BCUT2D eigenvalue weighted by atomic mass is 19.1. The van der Waals surface area contributed by atoms with Gasteiger partial charge in [-0.3, -0.25) is 24.6 Å². The highest BCUT2D eigenvalue weighted by Gasteiger charge is 2.41. The van der Waals surface area contributed by atoms with Crippen molar-refractivity contribution in [2.75, 3.05) is 37.6 Å². The van der Waals surface area contributed by atoms with Crippen molar-refractivity contribution in [3.8, 4) is 0 Å². The first-order valence-corrected chi connectivity index (χ1v) is 11.6. The van der Waals surface area contributed by atoms with E-state index in [1.807, 2.05) is 0 Å². The first kappa shape index (κ1) is 22.5. The fraction of sp³-hybridized carbons (Fsp3) is 0.400. The van der Waals surface area contributed by atoms with E-state index < -0.39 is 17.8 Å². The molecule has 0 bridgehead atoms. The number of benzene rings is 2. The Balaban J connectivity index is 1.26. The number of hydrogen-bond donors (Lipinski definition) is 1. The van der Waals surface area contributed by atoms with E-state index in [9.17, 15) is 23.2 Å². The van der Waals surface area contributed by atoms with Gasteiger partial charge in [0.15, 0.2) is 0 Å². The lowest BCUT2D eigenvalue weighted by molar-refractivity contribution is -0.136. The molecule has 2 saturated heterocycles. The number of imide groups is 1. The minimum absolute atomic E-state index is 0.178. The first-order valence-electron chi connectivity index (χ1n) is 11.6. The maximum atomic E-state index is 14.5. The number of halogens is 2. The Hall–Kier alpha value is -3.33. The van der Waals surface area contributed by atoms with Gasteiger partial charge >= 0.3 is 0 Å². The molecule has 5 rings (SSSR count). The monoisotopic (exact) mass is 468 g/mol. The number of piperidine rings is 1. The summed E-state index contributed by atoms with van der Waals surface area (Å²) >= 11 is 0. The number of rotatable bonds is 5. The zero-order chi connectivity index (χ0) is 23.8. The molecule has 3 amide bonds. The third-order valence-corrected chi connectivity index (χ3v) is 6.94. The fourth-order valence-electron chi connectivity index (χ4n) is 5.04. The van der Waals surface area contributed by atoms with Crippen LogP contribution in [-0.4, -0.2) is 66.3 Å². The first-order chi connectivity index (χ1) is 16.4. The molecule has 7 nitrogen and oxygen atoms in total. The third-order valence-electron chi connectivity index (χ3n) is 6.94. The molecule has 2 aromatic carbocycles. The molecule has 0 radical (unpaired) electrons. The summed E-state index contributed by atoms with van der Waals surface area (Å²) in [4.78, 5) is 42.7. The Labute approximate surface area is 196 Å². The number of anilines is 1. The third kappa shape index (κ3) is 4.40. The van der Waals surface area contributed by atoms with Crippen LogP contribution >= 0.6 is 0 Å². The minimum Gasteiger partial charge on any atom is -0.369 e. The van der Waals surface area contributed by atoms with Crippen LogP contribution in [0.25, 0.3) is 0 Å². The zero-order valence-corrected chi connectivity index (χ0v) is 18.7. The van der Waals surface area contributed by atoms with Crippen LogP contribution in [-0.2, 0) is 22.6 Å². The molecule has 3 aliphatic rings. The van der Waals surface area contributed by atoms with Crippen LogP contribution < -0.4 is 10.2 Å². The summed E-state index contributed by atoms with van der Waals surface area (Å²) in [6.07, 6.45) is 1.28. The Kier molecular flexibility index (Phi) is 6.03. The van der Waals surface area contributed by atoms with E-state index >= 15 is 0 Å². The number of carbonyl (C=O) groups is 3. The molecular weight excluding hydrogens is 442 g/mol. The van der Waals surface area contributed by atoms with Crippen molar-refractivity contribution in [3.63, 3.8) is 0 Å². The maximum absolute atomic E-state index is 14.5. The largest absolute Gasteiger partial charge is 0.369 e. The molecule has 0 saturated carbocycles. The number of piperazine rings is 1. The lowest BCUT2D eigenvalue weighted by Gasteiger charge is -2.37. The summed E-state index contributed by atoms with van der Waals surface area (Å²) in [5, 5.41) is 2.29. The molecule has 1 N–H and O–H groups in total. The summed E-state index contributed by atoms with van der Waals surface area (Å²) in [6, 6.07) is 8.52. The quantitative estimate of drug-likeness (QED) is 0.681. The van der Waals surface area contributed by atoms with Crippen molar-refractivity contribution >= 4 is 23.4 Å². The molecule has 2 aromatic rings. The van der Waals surface area contributed by atoms with E-state index in [1.165, 1.54) is 29.2 Å². The van der Waals surface area contributed by atoms with E-state index in [1.54, 1.807) is 12.1 Å². The van der Waals surface area contributed by atoms with Crippen molar-refractivity contribution in [1.82, 2.24) is 15.1 Å². The second-order valence-electron chi connectivity index (χ2n) is 9.06. The second kappa shape index (κ2) is 9.13. The number of fused-ring (bicyclic) bond motifs is 1. The molecule has 34 heavy (non-hydrogen) atoms. The molecule has 3 aliphatic heterocycles. The number of nitrogens with one attached hydrogen (secondary N) is 1. The maximum Gasteiger partial charge on any atom is 0.255 e. The van der Waals surface area contributed by atoms with Gasteiger partial charge < -0.3 is 9.80 Å². The fourth-order valence-corrected chi connectivity index (χ4v) is 5.04. The molecule has 178 valence electrons. The number of nitrogens with zero attached hydrogens (tertiary/aromatic N) is 3. The predicted octanol–water partition coefficient (Wildman–Crippen LogP) is 2.09. The number of hydrogen-bond acceptors (Lipinski definition) is 5. The van der Waals surface area contributed by atoms with Crippen LogP contribution in [0.5, 0.6) is 0 Å². The minimum atomic E-state index is -0.725. The highest BCUT2D eigenvalue weighted by Crippen LogP contribution is 2.35. The Morgan fingerprint density at radius 2 is 1.68 bits per heavy atom. The van der Waals surface area contributed by atoms with Gasteiger partial charge in [-0.15, -0.1) is 0 Å². The molecule has 2 fully saturated rings. The van der Waals surface area contributed by atoms with Crippen LogP contribution in [0.2, 0.25) is 0 Å². The van der Waals surface area contributed by atoms with Gasteiger partial charge in [0.1, 0.15) is 17.7 Å². The van der Waals surface area contributed by atoms with Crippen LogP contribution in [0.4, 0.5) is 14.5 Å². The Bertz CT molecular complexity index is 1130. The van der Waals surface area contributed by atoms with Gasteiger partial charge in [-0.05, 0) is 42.7 Å². The lowest BCUT2D eigenvalue weighted by Crippen LogP contribution is -2.52. The normalized spacial score (nSPS) is 21.1. The van der Waals surface area contributed by atoms with Crippen molar-refractivity contribution in [2.45, 2.75) is 31.8 Å². The molecule has 0 aromatic heterocycles. The average Bonchev–Trinajstić information content (AvgIpc) is 3.14. The summed E-state index contributed by atoms with van der Waals surface area (Å²) in [6.45, 7) is 4.02. The topological polar surface area (TPSA) is 73.0 Å². The molecule has 9 heteroatoms. The van der Waals surface area contributed by atoms with E-state index in [4.69, 9.17) is 0 Å². The second-order valence-corrected chi connectivity index (χ2v) is 9.06. The van der Waals surface area contributed by atoms with Gasteiger partial charge in [0, 0.05) is 62.5 Å². The predicted molar refractivity (Wildman–Crippen MR) is 121 cm³/mol. The van der Waals surface area contributed by atoms with E-state index in [0.29, 0.717) is 24.3 Å². The van der Waals surface area contributed by atoms with Gasteiger partial charge in [0.25, 0.3) is 5.91 Å². The van der Waals surface area contributed by atoms with E-state index in [2.05, 4.69) is 15.1 Å². The van der Waals surface area contributed by atoms with Crippen molar-refractivity contribution in [2.24, 2.45) is 0 Å². The average molecular weight is 469 g/mol. The molecule has 3 heterocycles. The summed E-state index contributed by atoms with van der Waals surface area (Å²) in [7, 11) is 0. The van der Waals surface area contributed by atoms with Gasteiger partial charge in [-0.2, -0.15) is 0 Å². The van der Waals surface area contributed by atoms with Gasteiger partial charge in [-0.1, -0.05) is 12.1 Å². The van der Waals surface area contributed by atoms with Gasteiger partial charge in [0.05, 0.1) is 0 Å².